The number of nitrogens with zero attached hydrogens (tertiary/aromatic N) is 3. The number of benzene rings is 1. The van der Waals surface area contributed by atoms with E-state index in [-0.39, 0.29) is 17.8 Å². The zero-order chi connectivity index (χ0) is 14.5. The van der Waals surface area contributed by atoms with Crippen molar-refractivity contribution in [2.45, 2.75) is 13.8 Å². The van der Waals surface area contributed by atoms with Gasteiger partial charge in [-0.25, -0.2) is 4.39 Å². The van der Waals surface area contributed by atoms with Gasteiger partial charge in [-0.2, -0.15) is 15.0 Å². The normalized spacial score (nSPS) is 10.2. The predicted molar refractivity (Wildman–Crippen MR) is 75.0 cm³/mol. The molecule has 6 nitrogen and oxygen atoms in total. The smallest absolute Gasteiger partial charge is 0.322 e. The van der Waals surface area contributed by atoms with Gasteiger partial charge in [-0.05, 0) is 31.5 Å². The van der Waals surface area contributed by atoms with Crippen LogP contribution >= 0.6 is 0 Å². The molecular formula is C13H16FN5O. The fraction of sp³-hybridized carbons (Fsp3) is 0.308. The molecule has 0 bridgehead atoms. The van der Waals surface area contributed by atoms with Crippen molar-refractivity contribution >= 4 is 17.6 Å². The molecule has 20 heavy (non-hydrogen) atoms. The lowest BCUT2D eigenvalue weighted by Gasteiger charge is -2.09. The van der Waals surface area contributed by atoms with Gasteiger partial charge in [0.2, 0.25) is 11.9 Å². The molecular weight excluding hydrogens is 261 g/mol. The van der Waals surface area contributed by atoms with Crippen LogP contribution in [0.4, 0.5) is 22.0 Å². The second-order valence-electron chi connectivity index (χ2n) is 4.09. The number of anilines is 3. The minimum atomic E-state index is -0.289. The van der Waals surface area contributed by atoms with Crippen LogP contribution in [-0.4, -0.2) is 28.6 Å². The molecule has 1 heterocycles. The first kappa shape index (κ1) is 14.0. The first-order valence-electron chi connectivity index (χ1n) is 6.19. The molecule has 0 radical (unpaired) electrons. The first-order chi connectivity index (χ1) is 9.62. The van der Waals surface area contributed by atoms with Crippen molar-refractivity contribution in [1.82, 2.24) is 15.0 Å². The summed E-state index contributed by atoms with van der Waals surface area (Å²) >= 11 is 0. The molecule has 0 aliphatic heterocycles. The Morgan fingerprint density at radius 1 is 1.20 bits per heavy atom. The molecule has 2 rings (SSSR count). The molecule has 0 saturated heterocycles. The highest BCUT2D eigenvalue weighted by atomic mass is 19.1. The van der Waals surface area contributed by atoms with Gasteiger partial charge in [-0.3, -0.25) is 0 Å². The van der Waals surface area contributed by atoms with Crippen molar-refractivity contribution < 1.29 is 9.13 Å². The second-order valence-corrected chi connectivity index (χ2v) is 4.09. The number of nitrogens with one attached hydrogen (secondary N) is 2. The van der Waals surface area contributed by atoms with Crippen molar-refractivity contribution in [2.75, 3.05) is 24.3 Å². The molecule has 1 aromatic heterocycles. The lowest BCUT2D eigenvalue weighted by atomic mass is 10.2. The molecule has 2 N–H and O–H groups in total. The largest absolute Gasteiger partial charge is 0.467 e. The van der Waals surface area contributed by atoms with Crippen LogP contribution in [0.15, 0.2) is 18.2 Å². The minimum absolute atomic E-state index is 0.186. The fourth-order valence-corrected chi connectivity index (χ4v) is 1.54. The summed E-state index contributed by atoms with van der Waals surface area (Å²) in [6.07, 6.45) is 0. The summed E-state index contributed by atoms with van der Waals surface area (Å²) in [5.41, 5.74) is 1.14. The Labute approximate surface area is 116 Å². The van der Waals surface area contributed by atoms with E-state index in [1.54, 1.807) is 19.1 Å². The molecule has 0 spiro atoms. The zero-order valence-corrected chi connectivity index (χ0v) is 11.6. The van der Waals surface area contributed by atoms with Gasteiger partial charge in [0, 0.05) is 12.2 Å². The molecule has 0 amide bonds. The summed E-state index contributed by atoms with van der Waals surface area (Å²) in [5, 5.41) is 5.90. The van der Waals surface area contributed by atoms with Crippen molar-refractivity contribution in [1.29, 1.82) is 0 Å². The van der Waals surface area contributed by atoms with E-state index in [4.69, 9.17) is 4.74 Å². The summed E-state index contributed by atoms with van der Waals surface area (Å²) in [4.78, 5) is 12.3. The Morgan fingerprint density at radius 2 is 1.95 bits per heavy atom. The van der Waals surface area contributed by atoms with Crippen LogP contribution in [0.1, 0.15) is 12.5 Å². The van der Waals surface area contributed by atoms with Crippen LogP contribution in [0.3, 0.4) is 0 Å². The maximum Gasteiger partial charge on any atom is 0.322 e. The van der Waals surface area contributed by atoms with E-state index < -0.39 is 0 Å². The van der Waals surface area contributed by atoms with E-state index in [9.17, 15) is 4.39 Å². The zero-order valence-electron chi connectivity index (χ0n) is 11.6. The van der Waals surface area contributed by atoms with Gasteiger partial charge >= 0.3 is 6.01 Å². The summed E-state index contributed by atoms with van der Waals surface area (Å²) < 4.78 is 18.5. The van der Waals surface area contributed by atoms with Crippen molar-refractivity contribution in [3.8, 4) is 6.01 Å². The summed E-state index contributed by atoms with van der Waals surface area (Å²) in [7, 11) is 1.47. The molecule has 0 atom stereocenters. The van der Waals surface area contributed by atoms with Gasteiger partial charge in [-0.15, -0.1) is 0 Å². The molecule has 0 unspecified atom stereocenters. The molecule has 1 aromatic carbocycles. The van der Waals surface area contributed by atoms with Gasteiger partial charge in [0.05, 0.1) is 7.11 Å². The molecule has 106 valence electrons. The maximum atomic E-state index is 13.5. The molecule has 2 aromatic rings. The third kappa shape index (κ3) is 3.31. The average Bonchev–Trinajstić information content (AvgIpc) is 2.43. The van der Waals surface area contributed by atoms with Crippen LogP contribution in [0.2, 0.25) is 0 Å². The lowest BCUT2D eigenvalue weighted by molar-refractivity contribution is 0.379. The van der Waals surface area contributed by atoms with E-state index >= 15 is 0 Å². The SMILES string of the molecule is CCNc1nc(Nc2ccc(C)c(F)c2)nc(OC)n1. The summed E-state index contributed by atoms with van der Waals surface area (Å²) in [5.74, 6) is 0.397. The minimum Gasteiger partial charge on any atom is -0.467 e. The van der Waals surface area contributed by atoms with Crippen molar-refractivity contribution in [2.24, 2.45) is 0 Å². The highest BCUT2D eigenvalue weighted by Crippen LogP contribution is 2.18. The number of aromatic nitrogens is 3. The van der Waals surface area contributed by atoms with Crippen LogP contribution in [0.5, 0.6) is 6.01 Å². The van der Waals surface area contributed by atoms with Crippen LogP contribution < -0.4 is 15.4 Å². The molecule has 7 heteroatoms. The van der Waals surface area contributed by atoms with Gasteiger partial charge in [-0.1, -0.05) is 6.07 Å². The third-order valence-corrected chi connectivity index (χ3v) is 2.56. The van der Waals surface area contributed by atoms with Gasteiger partial charge in [0.1, 0.15) is 5.82 Å². The first-order valence-corrected chi connectivity index (χ1v) is 6.19. The van der Waals surface area contributed by atoms with E-state index in [0.717, 1.165) is 0 Å². The number of hydrogen-bond donors (Lipinski definition) is 2. The van der Waals surface area contributed by atoms with Crippen LogP contribution in [0.25, 0.3) is 0 Å². The Balaban J connectivity index is 2.27. The van der Waals surface area contributed by atoms with Crippen molar-refractivity contribution in [3.05, 3.63) is 29.6 Å². The molecule has 0 fully saturated rings. The maximum absolute atomic E-state index is 13.5. The average molecular weight is 277 g/mol. The fourth-order valence-electron chi connectivity index (χ4n) is 1.54. The highest BCUT2D eigenvalue weighted by Gasteiger charge is 2.07. The monoisotopic (exact) mass is 277 g/mol. The summed E-state index contributed by atoms with van der Waals surface area (Å²) in [6.45, 7) is 4.30. The molecule has 0 aliphatic carbocycles. The Hall–Kier alpha value is -2.44. The standard InChI is InChI=1S/C13H16FN5O/c1-4-15-11-17-12(19-13(18-11)20-3)16-9-6-5-8(2)10(14)7-9/h5-7H,4H2,1-3H3,(H2,15,16,17,18,19). The molecule has 0 aliphatic rings. The number of hydrogen-bond acceptors (Lipinski definition) is 6. The van der Waals surface area contributed by atoms with E-state index in [1.165, 1.54) is 13.2 Å². The molecule has 0 saturated carbocycles. The summed E-state index contributed by atoms with van der Waals surface area (Å²) in [6, 6.07) is 5.01. The van der Waals surface area contributed by atoms with Gasteiger partial charge in [0.25, 0.3) is 0 Å². The topological polar surface area (TPSA) is 72.0 Å². The van der Waals surface area contributed by atoms with E-state index in [2.05, 4.69) is 25.6 Å². The van der Waals surface area contributed by atoms with Crippen LogP contribution in [-0.2, 0) is 0 Å². The quantitative estimate of drug-likeness (QED) is 0.875. The van der Waals surface area contributed by atoms with Gasteiger partial charge in [0.15, 0.2) is 0 Å². The highest BCUT2D eigenvalue weighted by molar-refractivity contribution is 5.55. The Kier molecular flexibility index (Phi) is 4.29. The van der Waals surface area contributed by atoms with Gasteiger partial charge < -0.3 is 15.4 Å². The predicted octanol–water partition coefficient (Wildman–Crippen LogP) is 2.50. The van der Waals surface area contributed by atoms with Crippen molar-refractivity contribution in [3.63, 3.8) is 0 Å². The lowest BCUT2D eigenvalue weighted by Crippen LogP contribution is -2.08. The van der Waals surface area contributed by atoms with Crippen LogP contribution in [0, 0.1) is 12.7 Å². The van der Waals surface area contributed by atoms with E-state index in [1.807, 2.05) is 6.92 Å². The second kappa shape index (κ2) is 6.14. The third-order valence-electron chi connectivity index (χ3n) is 2.56. The Bertz CT molecular complexity index is 605. The number of aryl methyl sites for hydroxylation is 1. The number of ether oxygens (including phenoxy) is 1. The number of methoxy groups -OCH3 is 1. The van der Waals surface area contributed by atoms with E-state index in [0.29, 0.717) is 23.7 Å². The Morgan fingerprint density at radius 3 is 2.60 bits per heavy atom. The number of halogens is 1. The number of rotatable bonds is 5.